The second-order valence-electron chi connectivity index (χ2n) is 6.05. The average Bonchev–Trinajstić information content (AvgIpc) is 3.17. The molecule has 3 N–H and O–H groups in total. The lowest BCUT2D eigenvalue weighted by Crippen LogP contribution is -2.01. The van der Waals surface area contributed by atoms with Crippen molar-refractivity contribution in [1.82, 2.24) is 0 Å². The van der Waals surface area contributed by atoms with E-state index in [4.69, 9.17) is 5.73 Å². The number of phenolic OH excluding ortho intramolecular Hbond substituents is 1. The molecule has 2 aromatic rings. The summed E-state index contributed by atoms with van der Waals surface area (Å²) >= 11 is 0. The highest BCUT2D eigenvalue weighted by atomic mass is 35.5. The molecule has 0 saturated heterocycles. The normalized spacial score (nSPS) is 19.9. The second-order valence-corrected chi connectivity index (χ2v) is 8.19. The van der Waals surface area contributed by atoms with E-state index >= 15 is 0 Å². The van der Waals surface area contributed by atoms with E-state index in [0.29, 0.717) is 17.0 Å². The van der Waals surface area contributed by atoms with Gasteiger partial charge in [-0.15, -0.1) is 12.4 Å². The Labute approximate surface area is 142 Å². The highest BCUT2D eigenvalue weighted by Gasteiger charge is 2.34. The van der Waals surface area contributed by atoms with E-state index in [2.05, 4.69) is 0 Å². The van der Waals surface area contributed by atoms with Crippen molar-refractivity contribution in [3.8, 4) is 16.9 Å². The average molecular weight is 354 g/mol. The van der Waals surface area contributed by atoms with Gasteiger partial charge in [0.15, 0.2) is 9.84 Å². The van der Waals surface area contributed by atoms with Crippen molar-refractivity contribution in [3.05, 3.63) is 53.6 Å². The van der Waals surface area contributed by atoms with E-state index in [1.165, 1.54) is 11.8 Å². The smallest absolute Gasteiger partial charge is 0.151 e. The Kier molecular flexibility index (Phi) is 5.04. The molecule has 0 unspecified atom stereocenters. The minimum absolute atomic E-state index is 0. The number of hydrogen-bond acceptors (Lipinski definition) is 4. The lowest BCUT2D eigenvalue weighted by atomic mass is 10.00. The lowest BCUT2D eigenvalue weighted by molar-refractivity contribution is 0.477. The SMILES string of the molecule is CS(=O)(=O)Cc1ccc(O)c(-c2ccc([C@H]3C[C@@H]3N)cc2)c1.Cl. The van der Waals surface area contributed by atoms with Crippen LogP contribution in [0, 0.1) is 0 Å². The molecule has 0 spiro atoms. The van der Waals surface area contributed by atoms with Gasteiger partial charge in [0.2, 0.25) is 0 Å². The fourth-order valence-electron chi connectivity index (χ4n) is 2.71. The molecular weight excluding hydrogens is 334 g/mol. The van der Waals surface area contributed by atoms with Gasteiger partial charge in [0.1, 0.15) is 5.75 Å². The molecule has 3 rings (SSSR count). The molecule has 0 radical (unpaired) electrons. The summed E-state index contributed by atoms with van der Waals surface area (Å²) in [6, 6.07) is 13.1. The third-order valence-corrected chi connectivity index (χ3v) is 4.84. The van der Waals surface area contributed by atoms with E-state index in [1.807, 2.05) is 24.3 Å². The highest BCUT2D eigenvalue weighted by molar-refractivity contribution is 7.89. The molecule has 0 aliphatic heterocycles. The standard InChI is InChI=1S/C17H19NO3S.ClH/c1-22(20,21)10-11-2-7-17(19)15(8-11)13-5-3-12(4-6-13)14-9-16(14)18;/h2-8,14,16,19H,9-10,18H2,1H3;1H/t14-,16+;/m1./s1. The minimum atomic E-state index is -3.10. The van der Waals surface area contributed by atoms with E-state index in [9.17, 15) is 13.5 Å². The molecule has 1 fully saturated rings. The Hall–Kier alpha value is -1.56. The Balaban J connectivity index is 0.00000192. The molecule has 2 aromatic carbocycles. The summed E-state index contributed by atoms with van der Waals surface area (Å²) in [4.78, 5) is 0. The zero-order valence-electron chi connectivity index (χ0n) is 12.8. The Bertz CT molecular complexity index is 803. The number of sulfone groups is 1. The zero-order chi connectivity index (χ0) is 15.9. The number of hydrogen-bond donors (Lipinski definition) is 2. The number of benzene rings is 2. The monoisotopic (exact) mass is 353 g/mol. The number of phenols is 1. The van der Waals surface area contributed by atoms with E-state index in [-0.39, 0.29) is 30.0 Å². The molecule has 124 valence electrons. The van der Waals surface area contributed by atoms with Crippen molar-refractivity contribution in [2.24, 2.45) is 5.73 Å². The van der Waals surface area contributed by atoms with Crippen LogP contribution in [0.4, 0.5) is 0 Å². The molecule has 23 heavy (non-hydrogen) atoms. The predicted octanol–water partition coefficient (Wildman–Crippen LogP) is 2.84. The topological polar surface area (TPSA) is 80.4 Å². The first-order valence-corrected chi connectivity index (χ1v) is 9.25. The van der Waals surface area contributed by atoms with Gasteiger partial charge in [0, 0.05) is 23.8 Å². The van der Waals surface area contributed by atoms with Gasteiger partial charge < -0.3 is 10.8 Å². The molecule has 0 aromatic heterocycles. The zero-order valence-corrected chi connectivity index (χ0v) is 14.4. The summed E-state index contributed by atoms with van der Waals surface area (Å²) in [5, 5.41) is 10.1. The number of nitrogens with two attached hydrogens (primary N) is 1. The number of rotatable bonds is 4. The van der Waals surface area contributed by atoms with E-state index < -0.39 is 9.84 Å². The van der Waals surface area contributed by atoms with Crippen LogP contribution in [0.2, 0.25) is 0 Å². The van der Waals surface area contributed by atoms with Gasteiger partial charge in [0.25, 0.3) is 0 Å². The van der Waals surface area contributed by atoms with Crippen LogP contribution < -0.4 is 5.73 Å². The number of aromatic hydroxyl groups is 1. The summed E-state index contributed by atoms with van der Waals surface area (Å²) in [6.45, 7) is 0. The summed E-state index contributed by atoms with van der Waals surface area (Å²) in [5.41, 5.74) is 9.25. The van der Waals surface area contributed by atoms with Gasteiger partial charge in [-0.3, -0.25) is 0 Å². The van der Waals surface area contributed by atoms with Crippen molar-refractivity contribution in [2.45, 2.75) is 24.1 Å². The minimum Gasteiger partial charge on any atom is -0.507 e. The van der Waals surface area contributed by atoms with Crippen molar-refractivity contribution in [3.63, 3.8) is 0 Å². The summed E-state index contributed by atoms with van der Waals surface area (Å²) in [7, 11) is -3.10. The molecule has 1 aliphatic carbocycles. The van der Waals surface area contributed by atoms with Gasteiger partial charge in [-0.2, -0.15) is 0 Å². The first-order valence-electron chi connectivity index (χ1n) is 7.19. The van der Waals surface area contributed by atoms with Gasteiger partial charge in [-0.25, -0.2) is 8.42 Å². The molecule has 0 amide bonds. The highest BCUT2D eigenvalue weighted by Crippen LogP contribution is 2.40. The molecule has 0 bridgehead atoms. The maximum absolute atomic E-state index is 11.4. The summed E-state index contributed by atoms with van der Waals surface area (Å²) < 4.78 is 22.8. The van der Waals surface area contributed by atoms with Gasteiger partial charge in [0.05, 0.1) is 5.75 Å². The summed E-state index contributed by atoms with van der Waals surface area (Å²) in [6.07, 6.45) is 2.22. The molecule has 2 atom stereocenters. The predicted molar refractivity (Wildman–Crippen MR) is 94.7 cm³/mol. The van der Waals surface area contributed by atoms with Crippen LogP contribution in [0.1, 0.15) is 23.5 Å². The van der Waals surface area contributed by atoms with Crippen LogP contribution in [0.15, 0.2) is 42.5 Å². The molecule has 1 aliphatic rings. The summed E-state index contributed by atoms with van der Waals surface area (Å²) in [5.74, 6) is 0.558. The Morgan fingerprint density at radius 2 is 1.78 bits per heavy atom. The van der Waals surface area contributed by atoms with Crippen LogP contribution >= 0.6 is 12.4 Å². The van der Waals surface area contributed by atoms with Crippen LogP contribution in [0.25, 0.3) is 11.1 Å². The quantitative estimate of drug-likeness (QED) is 0.885. The molecule has 4 nitrogen and oxygen atoms in total. The molecular formula is C17H20ClNO3S. The van der Waals surface area contributed by atoms with Crippen LogP contribution in [-0.4, -0.2) is 25.8 Å². The van der Waals surface area contributed by atoms with Crippen molar-refractivity contribution in [2.75, 3.05) is 6.26 Å². The second kappa shape index (κ2) is 6.51. The first-order chi connectivity index (χ1) is 10.3. The molecule has 1 saturated carbocycles. The van der Waals surface area contributed by atoms with E-state index in [0.717, 1.165) is 12.0 Å². The molecule has 0 heterocycles. The third kappa shape index (κ3) is 4.25. The fourth-order valence-corrected chi connectivity index (χ4v) is 3.50. The Morgan fingerprint density at radius 3 is 2.30 bits per heavy atom. The van der Waals surface area contributed by atoms with Gasteiger partial charge >= 0.3 is 0 Å². The fraction of sp³-hybridized carbons (Fsp3) is 0.294. The maximum atomic E-state index is 11.4. The Morgan fingerprint density at radius 1 is 1.17 bits per heavy atom. The van der Waals surface area contributed by atoms with E-state index in [1.54, 1.807) is 18.2 Å². The maximum Gasteiger partial charge on any atom is 0.151 e. The van der Waals surface area contributed by atoms with Crippen molar-refractivity contribution in [1.29, 1.82) is 0 Å². The van der Waals surface area contributed by atoms with Crippen LogP contribution in [0.5, 0.6) is 5.75 Å². The van der Waals surface area contributed by atoms with Crippen LogP contribution in [0.3, 0.4) is 0 Å². The van der Waals surface area contributed by atoms with Gasteiger partial charge in [-0.05, 0) is 35.2 Å². The first kappa shape index (κ1) is 17.8. The number of halogens is 1. The third-order valence-electron chi connectivity index (χ3n) is 3.98. The molecule has 6 heteroatoms. The van der Waals surface area contributed by atoms with Crippen molar-refractivity contribution < 1.29 is 13.5 Å². The van der Waals surface area contributed by atoms with Crippen molar-refractivity contribution >= 4 is 22.2 Å². The lowest BCUT2D eigenvalue weighted by Gasteiger charge is -2.09. The van der Waals surface area contributed by atoms with Gasteiger partial charge in [-0.1, -0.05) is 30.3 Å². The van der Waals surface area contributed by atoms with Crippen LogP contribution in [-0.2, 0) is 15.6 Å². The largest absolute Gasteiger partial charge is 0.507 e.